The van der Waals surface area contributed by atoms with Crippen molar-refractivity contribution in [3.63, 3.8) is 0 Å². The number of rotatable bonds is 4. The van der Waals surface area contributed by atoms with Crippen molar-refractivity contribution in [1.82, 2.24) is 0 Å². The molecule has 1 aliphatic rings. The molecule has 1 fully saturated rings. The summed E-state index contributed by atoms with van der Waals surface area (Å²) in [6, 6.07) is 7.60. The number of hydrogen-bond donors (Lipinski definition) is 1. The molecule has 0 bridgehead atoms. The summed E-state index contributed by atoms with van der Waals surface area (Å²) in [6.45, 7) is 1.68. The van der Waals surface area contributed by atoms with Crippen molar-refractivity contribution >= 4 is 11.8 Å². The van der Waals surface area contributed by atoms with E-state index in [0.717, 1.165) is 36.8 Å². The van der Waals surface area contributed by atoms with Crippen LogP contribution in [0, 0.1) is 5.92 Å². The molecule has 0 radical (unpaired) electrons. The molecule has 1 aromatic rings. The second-order valence-electron chi connectivity index (χ2n) is 5.06. The van der Waals surface area contributed by atoms with E-state index in [9.17, 15) is 9.59 Å². The molecule has 0 amide bonds. The van der Waals surface area contributed by atoms with Crippen molar-refractivity contribution in [3.8, 4) is 0 Å². The van der Waals surface area contributed by atoms with Gasteiger partial charge >= 0.3 is 5.97 Å². The fraction of sp³-hybridized carbons (Fsp3) is 0.467. The second kappa shape index (κ2) is 6.48. The largest absolute Gasteiger partial charge is 0.481 e. The molecule has 2 rings (SSSR count). The zero-order valence-corrected chi connectivity index (χ0v) is 11.1. The molecule has 2 unspecified atom stereocenters. The summed E-state index contributed by atoms with van der Waals surface area (Å²) in [5.41, 5.74) is 1.93. The first-order chi connectivity index (χ1) is 8.58. The number of carboxylic acid groups (broad SMARTS) is 1. The first-order valence-electron chi connectivity index (χ1n) is 6.42. The summed E-state index contributed by atoms with van der Waals surface area (Å²) in [7, 11) is 0. The van der Waals surface area contributed by atoms with E-state index in [1.165, 1.54) is 0 Å². The molecule has 0 aliphatic heterocycles. The Morgan fingerprint density at radius 3 is 2.47 bits per heavy atom. The van der Waals surface area contributed by atoms with Gasteiger partial charge in [0.1, 0.15) is 5.78 Å². The van der Waals surface area contributed by atoms with Gasteiger partial charge in [0.05, 0.1) is 5.92 Å². The predicted molar refractivity (Wildman–Crippen MR) is 72.2 cm³/mol. The molecule has 0 heterocycles. The molecule has 1 saturated carbocycles. The molecular formula is C15H20O4. The summed E-state index contributed by atoms with van der Waals surface area (Å²) in [6.07, 6.45) is 3.52. The van der Waals surface area contributed by atoms with Crippen LogP contribution in [-0.2, 0) is 16.0 Å². The Kier molecular flexibility index (Phi) is 5.24. The minimum absolute atomic E-state index is 0. The zero-order chi connectivity index (χ0) is 13.1. The van der Waals surface area contributed by atoms with Crippen molar-refractivity contribution < 1.29 is 20.2 Å². The summed E-state index contributed by atoms with van der Waals surface area (Å²) >= 11 is 0. The summed E-state index contributed by atoms with van der Waals surface area (Å²) < 4.78 is 0. The number of benzene rings is 1. The van der Waals surface area contributed by atoms with Crippen LogP contribution in [0.15, 0.2) is 24.3 Å². The molecule has 1 aliphatic carbocycles. The van der Waals surface area contributed by atoms with E-state index < -0.39 is 11.9 Å². The minimum Gasteiger partial charge on any atom is -0.481 e. The topological polar surface area (TPSA) is 85.9 Å². The lowest BCUT2D eigenvalue weighted by atomic mass is 9.94. The lowest BCUT2D eigenvalue weighted by Gasteiger charge is -2.10. The van der Waals surface area contributed by atoms with Crippen LogP contribution in [0.1, 0.15) is 43.2 Å². The molecular weight excluding hydrogens is 244 g/mol. The molecule has 4 heteroatoms. The fourth-order valence-electron chi connectivity index (χ4n) is 2.47. The standard InChI is InChI=1S/C15H18O3.H2O/c1-10(15(17)18)12-7-5-11(6-8-12)9-13-3-2-4-14(13)16;/h5-8,10,13H,2-4,9H2,1H3,(H,17,18);1H2. The molecule has 0 aromatic heterocycles. The van der Waals surface area contributed by atoms with Crippen LogP contribution in [0.3, 0.4) is 0 Å². The van der Waals surface area contributed by atoms with Gasteiger partial charge in [0.2, 0.25) is 0 Å². The minimum atomic E-state index is -0.811. The van der Waals surface area contributed by atoms with Crippen LogP contribution in [0.25, 0.3) is 0 Å². The first kappa shape index (κ1) is 15.4. The molecule has 0 spiro atoms. The lowest BCUT2D eigenvalue weighted by Crippen LogP contribution is -2.10. The van der Waals surface area contributed by atoms with Crippen LogP contribution in [-0.4, -0.2) is 22.3 Å². The highest BCUT2D eigenvalue weighted by molar-refractivity contribution is 5.83. The smallest absolute Gasteiger partial charge is 0.310 e. The van der Waals surface area contributed by atoms with Gasteiger partial charge in [0.15, 0.2) is 0 Å². The Labute approximate surface area is 112 Å². The third-order valence-electron chi connectivity index (χ3n) is 3.76. The van der Waals surface area contributed by atoms with Crippen molar-refractivity contribution in [2.75, 3.05) is 0 Å². The van der Waals surface area contributed by atoms with E-state index in [4.69, 9.17) is 5.11 Å². The Bertz CT molecular complexity index is 450. The monoisotopic (exact) mass is 264 g/mol. The number of carbonyl (C=O) groups is 2. The maximum atomic E-state index is 11.6. The SMILES string of the molecule is CC(C(=O)O)c1ccc(CC2CCCC2=O)cc1.O. The summed E-state index contributed by atoms with van der Waals surface area (Å²) in [5.74, 6) is -0.744. The second-order valence-corrected chi connectivity index (χ2v) is 5.06. The van der Waals surface area contributed by atoms with E-state index in [-0.39, 0.29) is 11.4 Å². The fourth-order valence-corrected chi connectivity index (χ4v) is 2.47. The maximum absolute atomic E-state index is 11.6. The summed E-state index contributed by atoms with van der Waals surface area (Å²) in [5, 5.41) is 8.92. The molecule has 19 heavy (non-hydrogen) atoms. The lowest BCUT2D eigenvalue weighted by molar-refractivity contribution is -0.138. The highest BCUT2D eigenvalue weighted by Crippen LogP contribution is 2.25. The number of carbonyl (C=O) groups excluding carboxylic acids is 1. The van der Waals surface area contributed by atoms with Crippen molar-refractivity contribution in [1.29, 1.82) is 0 Å². The van der Waals surface area contributed by atoms with Crippen LogP contribution in [0.4, 0.5) is 0 Å². The zero-order valence-electron chi connectivity index (χ0n) is 11.1. The number of hydrogen-bond acceptors (Lipinski definition) is 2. The molecule has 3 N–H and O–H groups in total. The number of ketones is 1. The van der Waals surface area contributed by atoms with Gasteiger partial charge in [0, 0.05) is 12.3 Å². The third kappa shape index (κ3) is 3.64. The van der Waals surface area contributed by atoms with Gasteiger partial charge in [0.25, 0.3) is 0 Å². The molecule has 104 valence electrons. The predicted octanol–water partition coefficient (Wildman–Crippen LogP) is 1.96. The molecule has 4 nitrogen and oxygen atoms in total. The van der Waals surface area contributed by atoms with E-state index in [1.54, 1.807) is 6.92 Å². The van der Waals surface area contributed by atoms with Crippen LogP contribution >= 0.6 is 0 Å². The van der Waals surface area contributed by atoms with Crippen LogP contribution in [0.5, 0.6) is 0 Å². The highest BCUT2D eigenvalue weighted by Gasteiger charge is 2.24. The molecule has 0 saturated heterocycles. The van der Waals surface area contributed by atoms with Crippen LogP contribution < -0.4 is 0 Å². The number of aliphatic carboxylic acids is 1. The maximum Gasteiger partial charge on any atom is 0.310 e. The average molecular weight is 264 g/mol. The Hall–Kier alpha value is -1.68. The van der Waals surface area contributed by atoms with Crippen molar-refractivity contribution in [2.45, 2.75) is 38.5 Å². The van der Waals surface area contributed by atoms with E-state index in [0.29, 0.717) is 5.78 Å². The Morgan fingerprint density at radius 2 is 2.00 bits per heavy atom. The highest BCUT2D eigenvalue weighted by atomic mass is 16.4. The quantitative estimate of drug-likeness (QED) is 0.901. The normalized spacial score (nSPS) is 19.8. The van der Waals surface area contributed by atoms with Gasteiger partial charge in [-0.1, -0.05) is 24.3 Å². The van der Waals surface area contributed by atoms with Gasteiger partial charge in [-0.2, -0.15) is 0 Å². The van der Waals surface area contributed by atoms with Crippen molar-refractivity contribution in [3.05, 3.63) is 35.4 Å². The van der Waals surface area contributed by atoms with E-state index in [2.05, 4.69) is 0 Å². The first-order valence-corrected chi connectivity index (χ1v) is 6.42. The van der Waals surface area contributed by atoms with Gasteiger partial charge in [-0.15, -0.1) is 0 Å². The third-order valence-corrected chi connectivity index (χ3v) is 3.76. The molecule has 2 atom stereocenters. The summed E-state index contributed by atoms with van der Waals surface area (Å²) in [4.78, 5) is 22.4. The number of Topliss-reactive ketones (excluding diaryl/α,β-unsaturated/α-hetero) is 1. The number of carboxylic acids is 1. The van der Waals surface area contributed by atoms with E-state index >= 15 is 0 Å². The van der Waals surface area contributed by atoms with Gasteiger partial charge in [-0.05, 0) is 37.3 Å². The average Bonchev–Trinajstić information content (AvgIpc) is 2.75. The Morgan fingerprint density at radius 1 is 1.37 bits per heavy atom. The van der Waals surface area contributed by atoms with E-state index in [1.807, 2.05) is 24.3 Å². The van der Waals surface area contributed by atoms with Crippen LogP contribution in [0.2, 0.25) is 0 Å². The van der Waals surface area contributed by atoms with Crippen molar-refractivity contribution in [2.24, 2.45) is 5.92 Å². The Balaban J connectivity index is 0.00000180. The van der Waals surface area contributed by atoms with Gasteiger partial charge < -0.3 is 10.6 Å². The van der Waals surface area contributed by atoms with Gasteiger partial charge in [-0.3, -0.25) is 9.59 Å². The van der Waals surface area contributed by atoms with Gasteiger partial charge in [-0.25, -0.2) is 0 Å². The molecule has 1 aromatic carbocycles.